The summed E-state index contributed by atoms with van der Waals surface area (Å²) in [7, 11) is -7.33. The summed E-state index contributed by atoms with van der Waals surface area (Å²) in [6.07, 6.45) is 1.19. The first-order valence-corrected chi connectivity index (χ1v) is 16.6. The Morgan fingerprint density at radius 3 is 2.21 bits per heavy atom. The molecule has 1 saturated heterocycles. The first-order valence-electron chi connectivity index (χ1n) is 12.4. The zero-order chi connectivity index (χ0) is 27.7. The summed E-state index contributed by atoms with van der Waals surface area (Å²) < 4.78 is 56.0. The fourth-order valence-corrected chi connectivity index (χ4v) is 8.58. The monoisotopic (exact) mass is 577 g/mol. The van der Waals surface area contributed by atoms with Gasteiger partial charge in [0.2, 0.25) is 10.0 Å². The van der Waals surface area contributed by atoms with Crippen molar-refractivity contribution in [2.24, 2.45) is 0 Å². The van der Waals surface area contributed by atoms with E-state index in [-0.39, 0.29) is 23.8 Å². The number of piperazine rings is 1. The van der Waals surface area contributed by atoms with Gasteiger partial charge in [0.1, 0.15) is 4.21 Å². The van der Waals surface area contributed by atoms with Crippen molar-refractivity contribution in [1.29, 1.82) is 0 Å². The summed E-state index contributed by atoms with van der Waals surface area (Å²) in [6.45, 7) is 6.20. The number of sulfonamides is 2. The molecular weight excluding hydrogens is 543 g/mol. The van der Waals surface area contributed by atoms with Gasteiger partial charge in [0.25, 0.3) is 10.0 Å². The van der Waals surface area contributed by atoms with E-state index in [2.05, 4.69) is 4.90 Å². The molecule has 0 saturated carbocycles. The van der Waals surface area contributed by atoms with Crippen molar-refractivity contribution in [3.05, 3.63) is 83.2 Å². The van der Waals surface area contributed by atoms with Gasteiger partial charge in [-0.25, -0.2) is 16.8 Å². The number of nitrogens with zero attached hydrogens (tertiary/aromatic N) is 3. The molecule has 206 valence electrons. The van der Waals surface area contributed by atoms with Gasteiger partial charge >= 0.3 is 0 Å². The number of thiophene rings is 1. The molecule has 2 atom stereocenters. The van der Waals surface area contributed by atoms with Gasteiger partial charge in [-0.05, 0) is 55.5 Å². The van der Waals surface area contributed by atoms with E-state index in [1.165, 1.54) is 26.2 Å². The Bertz CT molecular complexity index is 1420. The van der Waals surface area contributed by atoms with Crippen LogP contribution in [0.5, 0.6) is 0 Å². The molecule has 11 heteroatoms. The molecule has 8 nitrogen and oxygen atoms in total. The van der Waals surface area contributed by atoms with Crippen LogP contribution in [0.15, 0.2) is 76.3 Å². The molecule has 0 amide bonds. The van der Waals surface area contributed by atoms with E-state index in [1.807, 2.05) is 61.5 Å². The van der Waals surface area contributed by atoms with Gasteiger partial charge in [-0.1, -0.05) is 48.5 Å². The average Bonchev–Trinajstić information content (AvgIpc) is 3.42. The molecule has 0 radical (unpaired) electrons. The molecule has 0 spiro atoms. The maximum absolute atomic E-state index is 13.4. The van der Waals surface area contributed by atoms with E-state index in [4.69, 9.17) is 0 Å². The molecule has 0 bridgehead atoms. The van der Waals surface area contributed by atoms with Gasteiger partial charge in [-0.3, -0.25) is 0 Å². The zero-order valence-electron chi connectivity index (χ0n) is 22.1. The summed E-state index contributed by atoms with van der Waals surface area (Å²) in [5.74, 6) is 0. The standard InChI is InChI=1S/C27H35N3O5S3/c1-21(22-9-6-5-7-10-22)30(37(4,32)33)20-25-19-28(38(34,35)26-11-8-18-36-26)16-17-29(25)24-14-12-23(13-15-24)27(2,3)31/h5-15,18,21,25,31H,16-17,19-20H2,1-4H3/t21-,25-/m1/s1. The quantitative estimate of drug-likeness (QED) is 0.415. The van der Waals surface area contributed by atoms with Crippen molar-refractivity contribution in [2.75, 3.05) is 37.3 Å². The predicted molar refractivity (Wildman–Crippen MR) is 152 cm³/mol. The van der Waals surface area contributed by atoms with Gasteiger partial charge in [-0.2, -0.15) is 8.61 Å². The highest BCUT2D eigenvalue weighted by Gasteiger charge is 2.38. The second kappa shape index (κ2) is 11.1. The predicted octanol–water partition coefficient (Wildman–Crippen LogP) is 3.88. The van der Waals surface area contributed by atoms with Crippen molar-refractivity contribution >= 4 is 37.1 Å². The lowest BCUT2D eigenvalue weighted by molar-refractivity contribution is 0.0786. The van der Waals surface area contributed by atoms with Crippen molar-refractivity contribution in [3.8, 4) is 0 Å². The molecule has 1 aliphatic heterocycles. The van der Waals surface area contributed by atoms with E-state index in [0.29, 0.717) is 6.54 Å². The van der Waals surface area contributed by atoms with E-state index in [9.17, 15) is 21.9 Å². The Morgan fingerprint density at radius 1 is 1.00 bits per heavy atom. The Kier molecular flexibility index (Phi) is 8.37. The summed E-state index contributed by atoms with van der Waals surface area (Å²) in [4.78, 5) is 2.07. The minimum Gasteiger partial charge on any atom is -0.386 e. The number of hydrogen-bond donors (Lipinski definition) is 1. The Labute approximate surface area is 230 Å². The molecule has 1 aromatic heterocycles. The van der Waals surface area contributed by atoms with E-state index in [0.717, 1.165) is 16.8 Å². The first kappa shape index (κ1) is 28.7. The third-order valence-electron chi connectivity index (χ3n) is 6.97. The van der Waals surface area contributed by atoms with Crippen LogP contribution in [-0.4, -0.2) is 69.0 Å². The van der Waals surface area contributed by atoms with Crippen LogP contribution >= 0.6 is 11.3 Å². The minimum absolute atomic E-state index is 0.110. The van der Waals surface area contributed by atoms with Crippen LogP contribution in [0, 0.1) is 0 Å². The van der Waals surface area contributed by atoms with E-state index >= 15 is 0 Å². The number of anilines is 1. The number of benzene rings is 2. The molecule has 2 heterocycles. The van der Waals surface area contributed by atoms with Crippen molar-refractivity contribution in [1.82, 2.24) is 8.61 Å². The van der Waals surface area contributed by atoms with Crippen LogP contribution in [-0.2, 0) is 25.6 Å². The normalized spacial score (nSPS) is 18.6. The van der Waals surface area contributed by atoms with Crippen LogP contribution in [0.4, 0.5) is 5.69 Å². The Hall–Kier alpha value is -2.28. The van der Waals surface area contributed by atoms with E-state index < -0.39 is 37.7 Å². The van der Waals surface area contributed by atoms with Crippen LogP contribution in [0.2, 0.25) is 0 Å². The fourth-order valence-electron chi connectivity index (χ4n) is 4.83. The largest absolute Gasteiger partial charge is 0.386 e. The first-order chi connectivity index (χ1) is 17.8. The summed E-state index contributed by atoms with van der Waals surface area (Å²) in [5, 5.41) is 12.1. The highest BCUT2D eigenvalue weighted by molar-refractivity contribution is 7.91. The SMILES string of the molecule is C[C@H](c1ccccc1)N(C[C@H]1CN(S(=O)(=O)c2cccs2)CCN1c1ccc(C(C)(C)O)cc1)S(C)(=O)=O. The number of hydrogen-bond acceptors (Lipinski definition) is 7. The molecule has 2 aromatic carbocycles. The second-order valence-corrected chi connectivity index (χ2v) is 15.2. The highest BCUT2D eigenvalue weighted by atomic mass is 32.2. The van der Waals surface area contributed by atoms with Crippen LogP contribution in [0.1, 0.15) is 37.9 Å². The van der Waals surface area contributed by atoms with Crippen molar-refractivity contribution in [2.45, 2.75) is 42.7 Å². The molecular formula is C27H35N3O5S3. The topological polar surface area (TPSA) is 98.2 Å². The molecule has 38 heavy (non-hydrogen) atoms. The summed E-state index contributed by atoms with van der Waals surface area (Å²) in [6, 6.07) is 19.3. The second-order valence-electron chi connectivity index (χ2n) is 10.2. The molecule has 3 aromatic rings. The lowest BCUT2D eigenvalue weighted by atomic mass is 9.98. The van der Waals surface area contributed by atoms with Gasteiger partial charge in [0.05, 0.1) is 17.9 Å². The Morgan fingerprint density at radius 2 is 1.66 bits per heavy atom. The van der Waals surface area contributed by atoms with Gasteiger partial charge < -0.3 is 10.0 Å². The van der Waals surface area contributed by atoms with Gasteiger partial charge in [0, 0.05) is 37.9 Å². The van der Waals surface area contributed by atoms with Gasteiger partial charge in [0.15, 0.2) is 0 Å². The summed E-state index contributed by atoms with van der Waals surface area (Å²) >= 11 is 1.17. The van der Waals surface area contributed by atoms with Crippen LogP contribution in [0.3, 0.4) is 0 Å². The maximum atomic E-state index is 13.4. The smallest absolute Gasteiger partial charge is 0.252 e. The molecule has 1 fully saturated rings. The summed E-state index contributed by atoms with van der Waals surface area (Å²) in [5.41, 5.74) is 1.46. The molecule has 0 aliphatic carbocycles. The fraction of sp³-hybridized carbons (Fsp3) is 0.407. The molecule has 1 aliphatic rings. The minimum atomic E-state index is -3.70. The third-order valence-corrected chi connectivity index (χ3v) is 11.5. The number of rotatable bonds is 9. The molecule has 4 rings (SSSR count). The third kappa shape index (κ3) is 6.30. The lowest BCUT2D eigenvalue weighted by Crippen LogP contribution is -2.59. The lowest BCUT2D eigenvalue weighted by Gasteiger charge is -2.44. The van der Waals surface area contributed by atoms with Crippen LogP contribution in [0.25, 0.3) is 0 Å². The maximum Gasteiger partial charge on any atom is 0.252 e. The molecule has 1 N–H and O–H groups in total. The van der Waals surface area contributed by atoms with Crippen molar-refractivity contribution in [3.63, 3.8) is 0 Å². The van der Waals surface area contributed by atoms with Gasteiger partial charge in [-0.15, -0.1) is 11.3 Å². The number of aliphatic hydroxyl groups is 1. The van der Waals surface area contributed by atoms with Crippen molar-refractivity contribution < 1.29 is 21.9 Å². The molecule has 0 unspecified atom stereocenters. The zero-order valence-corrected chi connectivity index (χ0v) is 24.5. The van der Waals surface area contributed by atoms with Crippen LogP contribution < -0.4 is 4.90 Å². The average molecular weight is 578 g/mol. The Balaban J connectivity index is 1.70. The highest BCUT2D eigenvalue weighted by Crippen LogP contribution is 2.31. The van der Waals surface area contributed by atoms with E-state index in [1.54, 1.807) is 31.4 Å².